The minimum absolute atomic E-state index is 0.212. The minimum atomic E-state index is -3.70. The SMILES string of the molecule is NC(=O)C(c1ccccc1)S(=O)(=O)Cc1ccccc1. The highest BCUT2D eigenvalue weighted by Gasteiger charge is 2.32. The number of hydrogen-bond donors (Lipinski definition) is 1. The highest BCUT2D eigenvalue weighted by atomic mass is 32.2. The average molecular weight is 289 g/mol. The van der Waals surface area contributed by atoms with E-state index in [0.717, 1.165) is 0 Å². The molecule has 20 heavy (non-hydrogen) atoms. The van der Waals surface area contributed by atoms with E-state index >= 15 is 0 Å². The second-order valence-electron chi connectivity index (χ2n) is 4.49. The smallest absolute Gasteiger partial charge is 0.240 e. The number of carbonyl (C=O) groups excluding carboxylic acids is 1. The van der Waals surface area contributed by atoms with Crippen LogP contribution in [0.2, 0.25) is 0 Å². The zero-order valence-electron chi connectivity index (χ0n) is 10.8. The fourth-order valence-corrected chi connectivity index (χ4v) is 3.82. The third kappa shape index (κ3) is 3.24. The number of benzene rings is 2. The summed E-state index contributed by atoms with van der Waals surface area (Å²) < 4.78 is 24.9. The maximum absolute atomic E-state index is 12.4. The van der Waals surface area contributed by atoms with Gasteiger partial charge in [-0.25, -0.2) is 8.42 Å². The van der Waals surface area contributed by atoms with Crippen molar-refractivity contribution in [3.8, 4) is 0 Å². The van der Waals surface area contributed by atoms with E-state index in [1.54, 1.807) is 60.7 Å². The van der Waals surface area contributed by atoms with E-state index in [4.69, 9.17) is 5.73 Å². The van der Waals surface area contributed by atoms with E-state index in [9.17, 15) is 13.2 Å². The van der Waals surface area contributed by atoms with E-state index in [1.807, 2.05) is 0 Å². The molecule has 0 aliphatic heterocycles. The Morgan fingerprint density at radius 2 is 1.45 bits per heavy atom. The first-order valence-corrected chi connectivity index (χ1v) is 7.82. The van der Waals surface area contributed by atoms with Crippen molar-refractivity contribution in [1.82, 2.24) is 0 Å². The summed E-state index contributed by atoms with van der Waals surface area (Å²) >= 11 is 0. The maximum atomic E-state index is 12.4. The van der Waals surface area contributed by atoms with Gasteiger partial charge in [-0.05, 0) is 11.1 Å². The summed E-state index contributed by atoms with van der Waals surface area (Å²) in [5, 5.41) is -1.32. The topological polar surface area (TPSA) is 77.2 Å². The molecule has 0 spiro atoms. The van der Waals surface area contributed by atoms with Gasteiger partial charge in [0.1, 0.15) is 0 Å². The molecule has 1 unspecified atom stereocenters. The van der Waals surface area contributed by atoms with Crippen LogP contribution in [0.15, 0.2) is 60.7 Å². The monoisotopic (exact) mass is 289 g/mol. The number of rotatable bonds is 5. The number of hydrogen-bond acceptors (Lipinski definition) is 3. The van der Waals surface area contributed by atoms with Crippen LogP contribution >= 0.6 is 0 Å². The van der Waals surface area contributed by atoms with Crippen LogP contribution in [0.1, 0.15) is 16.4 Å². The predicted molar refractivity (Wildman–Crippen MR) is 77.4 cm³/mol. The van der Waals surface area contributed by atoms with E-state index in [2.05, 4.69) is 0 Å². The Labute approximate surface area is 118 Å². The van der Waals surface area contributed by atoms with Crippen LogP contribution in [-0.4, -0.2) is 14.3 Å². The van der Waals surface area contributed by atoms with Crippen molar-refractivity contribution >= 4 is 15.7 Å². The summed E-state index contributed by atoms with van der Waals surface area (Å²) in [6.45, 7) is 0. The Bertz CT molecular complexity index is 682. The lowest BCUT2D eigenvalue weighted by atomic mass is 10.1. The van der Waals surface area contributed by atoms with E-state index < -0.39 is 21.0 Å². The van der Waals surface area contributed by atoms with Crippen molar-refractivity contribution in [3.05, 3.63) is 71.8 Å². The largest absolute Gasteiger partial charge is 0.368 e. The zero-order valence-corrected chi connectivity index (χ0v) is 11.6. The maximum Gasteiger partial charge on any atom is 0.240 e. The zero-order chi connectivity index (χ0) is 14.6. The third-order valence-corrected chi connectivity index (χ3v) is 4.89. The summed E-state index contributed by atoms with van der Waals surface area (Å²) in [6.07, 6.45) is 0. The normalized spacial score (nSPS) is 12.8. The van der Waals surface area contributed by atoms with Crippen LogP contribution < -0.4 is 5.73 Å². The first-order valence-electron chi connectivity index (χ1n) is 6.10. The Hall–Kier alpha value is -2.14. The first-order chi connectivity index (χ1) is 9.50. The van der Waals surface area contributed by atoms with Crippen LogP contribution in [-0.2, 0) is 20.4 Å². The number of carbonyl (C=O) groups is 1. The van der Waals surface area contributed by atoms with Crippen LogP contribution in [0.3, 0.4) is 0 Å². The molecule has 0 heterocycles. The van der Waals surface area contributed by atoms with Gasteiger partial charge in [-0.15, -0.1) is 0 Å². The van der Waals surface area contributed by atoms with Gasteiger partial charge < -0.3 is 5.73 Å². The summed E-state index contributed by atoms with van der Waals surface area (Å²) in [5.41, 5.74) is 6.32. The van der Waals surface area contributed by atoms with Crippen molar-refractivity contribution in [2.24, 2.45) is 5.73 Å². The molecule has 1 atom stereocenters. The molecule has 5 heteroatoms. The van der Waals surface area contributed by atoms with Crippen molar-refractivity contribution < 1.29 is 13.2 Å². The lowest BCUT2D eigenvalue weighted by molar-refractivity contribution is -0.117. The molecule has 0 radical (unpaired) electrons. The van der Waals surface area contributed by atoms with Crippen molar-refractivity contribution in [3.63, 3.8) is 0 Å². The van der Waals surface area contributed by atoms with E-state index in [1.165, 1.54) is 0 Å². The Morgan fingerprint density at radius 1 is 0.950 bits per heavy atom. The molecule has 2 aromatic carbocycles. The molecule has 0 fully saturated rings. The van der Waals surface area contributed by atoms with Crippen molar-refractivity contribution in [1.29, 1.82) is 0 Å². The second kappa shape index (κ2) is 5.88. The fourth-order valence-electron chi connectivity index (χ4n) is 2.07. The Kier molecular flexibility index (Phi) is 4.20. The van der Waals surface area contributed by atoms with Gasteiger partial charge in [0.15, 0.2) is 15.1 Å². The average Bonchev–Trinajstić information content (AvgIpc) is 2.39. The lowest BCUT2D eigenvalue weighted by Crippen LogP contribution is -2.29. The van der Waals surface area contributed by atoms with Gasteiger partial charge in [0.25, 0.3) is 0 Å². The van der Waals surface area contributed by atoms with E-state index in [0.29, 0.717) is 11.1 Å². The van der Waals surface area contributed by atoms with Crippen LogP contribution in [0, 0.1) is 0 Å². The van der Waals surface area contributed by atoms with Crippen molar-refractivity contribution in [2.75, 3.05) is 0 Å². The van der Waals surface area contributed by atoms with Crippen LogP contribution in [0.25, 0.3) is 0 Å². The van der Waals surface area contributed by atoms with Gasteiger partial charge >= 0.3 is 0 Å². The molecule has 1 amide bonds. The summed E-state index contributed by atoms with van der Waals surface area (Å²) in [6, 6.07) is 17.0. The highest BCUT2D eigenvalue weighted by Crippen LogP contribution is 2.25. The molecular weight excluding hydrogens is 274 g/mol. The van der Waals surface area contributed by atoms with Gasteiger partial charge in [-0.2, -0.15) is 0 Å². The molecule has 0 bridgehead atoms. The number of amides is 1. The molecule has 2 N–H and O–H groups in total. The third-order valence-electron chi connectivity index (χ3n) is 2.93. The molecule has 0 aromatic heterocycles. The molecule has 4 nitrogen and oxygen atoms in total. The molecule has 0 saturated carbocycles. The van der Waals surface area contributed by atoms with Crippen LogP contribution in [0.5, 0.6) is 0 Å². The molecule has 0 aliphatic carbocycles. The highest BCUT2D eigenvalue weighted by molar-refractivity contribution is 7.91. The standard InChI is InChI=1S/C15H15NO3S/c16-15(17)14(13-9-5-2-6-10-13)20(18,19)11-12-7-3-1-4-8-12/h1-10,14H,11H2,(H2,16,17). The molecule has 0 saturated heterocycles. The van der Waals surface area contributed by atoms with Gasteiger partial charge in [0.05, 0.1) is 5.75 Å². The molecule has 0 aliphatic rings. The Morgan fingerprint density at radius 3 is 1.95 bits per heavy atom. The quantitative estimate of drug-likeness (QED) is 0.912. The van der Waals surface area contributed by atoms with Crippen LogP contribution in [0.4, 0.5) is 0 Å². The first kappa shape index (κ1) is 14.3. The molecule has 2 rings (SSSR count). The molecule has 2 aromatic rings. The predicted octanol–water partition coefficient (Wildman–Crippen LogP) is 1.83. The van der Waals surface area contributed by atoms with E-state index in [-0.39, 0.29) is 5.75 Å². The van der Waals surface area contributed by atoms with Gasteiger partial charge in [0.2, 0.25) is 5.91 Å². The Balaban J connectivity index is 2.37. The lowest BCUT2D eigenvalue weighted by Gasteiger charge is -2.15. The molecule has 104 valence electrons. The fraction of sp³-hybridized carbons (Fsp3) is 0.133. The molecular formula is C15H15NO3S. The summed E-state index contributed by atoms with van der Waals surface area (Å²) in [4.78, 5) is 11.6. The number of primary amides is 1. The summed E-state index contributed by atoms with van der Waals surface area (Å²) in [7, 11) is -3.70. The number of nitrogens with two attached hydrogens (primary N) is 1. The van der Waals surface area contributed by atoms with Gasteiger partial charge in [-0.3, -0.25) is 4.79 Å². The summed E-state index contributed by atoms with van der Waals surface area (Å²) in [5.74, 6) is -1.07. The van der Waals surface area contributed by atoms with Gasteiger partial charge in [0, 0.05) is 0 Å². The minimum Gasteiger partial charge on any atom is -0.368 e. The number of sulfone groups is 1. The van der Waals surface area contributed by atoms with Crippen molar-refractivity contribution in [2.45, 2.75) is 11.0 Å². The van der Waals surface area contributed by atoms with Gasteiger partial charge in [-0.1, -0.05) is 60.7 Å². The second-order valence-corrected chi connectivity index (χ2v) is 6.57.